The third kappa shape index (κ3) is 5.00. The molecule has 0 atom stereocenters. The number of carbonyl (C=O) groups is 1. The lowest BCUT2D eigenvalue weighted by Gasteiger charge is -2.12. The maximum atomic E-state index is 13.0. The van der Waals surface area contributed by atoms with E-state index in [0.717, 1.165) is 52.0 Å². The first-order valence-corrected chi connectivity index (χ1v) is 11.8. The van der Waals surface area contributed by atoms with Crippen molar-refractivity contribution in [2.45, 2.75) is 33.6 Å². The van der Waals surface area contributed by atoms with Gasteiger partial charge in [-0.3, -0.25) is 4.79 Å². The van der Waals surface area contributed by atoms with Crippen molar-refractivity contribution in [3.8, 4) is 11.4 Å². The molecule has 0 saturated heterocycles. The monoisotopic (exact) mass is 473 g/mol. The number of nitrogens with one attached hydrogen (secondary N) is 1. The third-order valence-electron chi connectivity index (χ3n) is 5.77. The van der Waals surface area contributed by atoms with E-state index in [9.17, 15) is 4.79 Å². The molecule has 34 heavy (non-hydrogen) atoms. The average molecular weight is 474 g/mol. The van der Waals surface area contributed by atoms with Crippen molar-refractivity contribution in [1.29, 1.82) is 0 Å². The summed E-state index contributed by atoms with van der Waals surface area (Å²) in [4.78, 5) is 13.0. The van der Waals surface area contributed by atoms with Gasteiger partial charge in [-0.25, -0.2) is 5.43 Å². The first-order chi connectivity index (χ1) is 16.5. The second kappa shape index (κ2) is 10.6. The number of nitrogens with zero attached hydrogens (tertiary/aromatic N) is 2. The molecule has 174 valence electrons. The minimum Gasteiger partial charge on any atom is -0.493 e. The highest BCUT2D eigenvalue weighted by atomic mass is 35.5. The van der Waals surface area contributed by atoms with Crippen LogP contribution < -0.4 is 10.2 Å². The summed E-state index contributed by atoms with van der Waals surface area (Å²) in [7, 11) is 0. The SMILES string of the molecule is CCCCOc1ccc2ccccc2c1C=NNC(=O)c1cc(-n2c(C)ccc2C)ccc1Cl. The summed E-state index contributed by atoms with van der Waals surface area (Å²) in [6.07, 6.45) is 3.66. The molecule has 4 aromatic rings. The van der Waals surface area contributed by atoms with Gasteiger partial charge in [-0.1, -0.05) is 55.3 Å². The Labute approximate surface area is 205 Å². The van der Waals surface area contributed by atoms with E-state index >= 15 is 0 Å². The molecule has 0 aliphatic carbocycles. The van der Waals surface area contributed by atoms with Gasteiger partial charge in [-0.05, 0) is 67.4 Å². The molecule has 4 rings (SSSR count). The Morgan fingerprint density at radius 2 is 1.82 bits per heavy atom. The van der Waals surface area contributed by atoms with Crippen LogP contribution in [0.5, 0.6) is 5.75 Å². The first-order valence-electron chi connectivity index (χ1n) is 11.4. The minimum atomic E-state index is -0.376. The summed E-state index contributed by atoms with van der Waals surface area (Å²) >= 11 is 6.36. The predicted molar refractivity (Wildman–Crippen MR) is 140 cm³/mol. The van der Waals surface area contributed by atoms with Crippen LogP contribution in [0.4, 0.5) is 0 Å². The van der Waals surface area contributed by atoms with Gasteiger partial charge in [0.1, 0.15) is 5.75 Å². The molecular weight excluding hydrogens is 446 g/mol. The van der Waals surface area contributed by atoms with Gasteiger partial charge in [0, 0.05) is 22.6 Å². The van der Waals surface area contributed by atoms with Gasteiger partial charge in [0.25, 0.3) is 5.91 Å². The molecule has 0 aliphatic rings. The van der Waals surface area contributed by atoms with E-state index in [0.29, 0.717) is 17.2 Å². The van der Waals surface area contributed by atoms with Gasteiger partial charge < -0.3 is 9.30 Å². The highest BCUT2D eigenvalue weighted by Gasteiger charge is 2.14. The average Bonchev–Trinajstić information content (AvgIpc) is 3.18. The smallest absolute Gasteiger partial charge is 0.272 e. The maximum Gasteiger partial charge on any atom is 0.272 e. The summed E-state index contributed by atoms with van der Waals surface area (Å²) in [5, 5.41) is 6.71. The number of aromatic nitrogens is 1. The molecule has 5 nitrogen and oxygen atoms in total. The quantitative estimate of drug-likeness (QED) is 0.173. The van der Waals surface area contributed by atoms with Gasteiger partial charge in [-0.15, -0.1) is 0 Å². The summed E-state index contributed by atoms with van der Waals surface area (Å²) in [6.45, 7) is 6.80. The van der Waals surface area contributed by atoms with Crippen molar-refractivity contribution in [1.82, 2.24) is 9.99 Å². The number of hydrogen-bond donors (Lipinski definition) is 1. The number of unbranched alkanes of at least 4 members (excludes halogenated alkanes) is 1. The fourth-order valence-electron chi connectivity index (χ4n) is 3.98. The molecule has 0 saturated carbocycles. The van der Waals surface area contributed by atoms with Crippen molar-refractivity contribution in [2.75, 3.05) is 6.61 Å². The van der Waals surface area contributed by atoms with Crippen LogP contribution in [0.2, 0.25) is 5.02 Å². The minimum absolute atomic E-state index is 0.362. The van der Waals surface area contributed by atoms with Crippen LogP contribution in [-0.4, -0.2) is 23.3 Å². The fourth-order valence-corrected chi connectivity index (χ4v) is 4.18. The Bertz CT molecular complexity index is 1340. The number of aryl methyl sites for hydroxylation is 2. The van der Waals surface area contributed by atoms with Crippen LogP contribution >= 0.6 is 11.6 Å². The van der Waals surface area contributed by atoms with Gasteiger partial charge in [0.05, 0.1) is 23.4 Å². The van der Waals surface area contributed by atoms with Crippen LogP contribution in [0.3, 0.4) is 0 Å². The largest absolute Gasteiger partial charge is 0.493 e. The van der Waals surface area contributed by atoms with Crippen molar-refractivity contribution < 1.29 is 9.53 Å². The Kier molecular flexibility index (Phi) is 7.33. The highest BCUT2D eigenvalue weighted by molar-refractivity contribution is 6.34. The molecule has 0 aliphatic heterocycles. The predicted octanol–water partition coefficient (Wildman–Crippen LogP) is 6.84. The normalized spacial score (nSPS) is 11.3. The Hall–Kier alpha value is -3.57. The highest BCUT2D eigenvalue weighted by Crippen LogP contribution is 2.27. The fraction of sp³-hybridized carbons (Fsp3) is 0.214. The number of carbonyl (C=O) groups excluding carboxylic acids is 1. The Balaban J connectivity index is 1.60. The van der Waals surface area contributed by atoms with E-state index in [2.05, 4.69) is 22.0 Å². The molecular formula is C28H28ClN3O2. The number of fused-ring (bicyclic) bond motifs is 1. The first kappa shape index (κ1) is 23.6. The van der Waals surface area contributed by atoms with E-state index in [-0.39, 0.29) is 5.91 Å². The molecule has 0 bridgehead atoms. The number of hydrazone groups is 1. The van der Waals surface area contributed by atoms with Crippen LogP contribution in [-0.2, 0) is 0 Å². The zero-order valence-electron chi connectivity index (χ0n) is 19.6. The van der Waals surface area contributed by atoms with Gasteiger partial charge in [-0.2, -0.15) is 5.10 Å². The standard InChI is InChI=1S/C28H28ClN3O2/c1-4-5-16-34-27-15-12-21-8-6-7-9-23(21)25(27)18-30-31-28(33)24-17-22(13-14-26(24)29)32-19(2)10-11-20(32)3/h6-15,17-18H,4-5,16H2,1-3H3,(H,31,33). The second-order valence-electron chi connectivity index (χ2n) is 8.22. The van der Waals surface area contributed by atoms with Crippen LogP contribution in [0.15, 0.2) is 71.8 Å². The number of amides is 1. The van der Waals surface area contributed by atoms with Crippen molar-refractivity contribution in [3.63, 3.8) is 0 Å². The lowest BCUT2D eigenvalue weighted by molar-refractivity contribution is 0.0955. The number of halogens is 1. The Morgan fingerprint density at radius 3 is 2.59 bits per heavy atom. The molecule has 0 unspecified atom stereocenters. The van der Waals surface area contributed by atoms with Crippen LogP contribution in [0.25, 0.3) is 16.5 Å². The van der Waals surface area contributed by atoms with E-state index < -0.39 is 0 Å². The summed E-state index contributed by atoms with van der Waals surface area (Å²) in [5.41, 5.74) is 6.85. The van der Waals surface area contributed by atoms with Crippen LogP contribution in [0.1, 0.15) is 47.1 Å². The number of rotatable bonds is 8. The maximum absolute atomic E-state index is 13.0. The summed E-state index contributed by atoms with van der Waals surface area (Å²) in [5.74, 6) is 0.364. The summed E-state index contributed by atoms with van der Waals surface area (Å²) in [6, 6.07) is 21.5. The summed E-state index contributed by atoms with van der Waals surface area (Å²) < 4.78 is 8.07. The molecule has 1 N–H and O–H groups in total. The number of ether oxygens (including phenoxy) is 1. The lowest BCUT2D eigenvalue weighted by Crippen LogP contribution is -2.18. The molecule has 3 aromatic carbocycles. The van der Waals surface area contributed by atoms with Gasteiger partial charge in [0.15, 0.2) is 0 Å². The van der Waals surface area contributed by atoms with Crippen LogP contribution in [0, 0.1) is 13.8 Å². The molecule has 1 aromatic heterocycles. The lowest BCUT2D eigenvalue weighted by atomic mass is 10.0. The molecule has 0 spiro atoms. The van der Waals surface area contributed by atoms with Crippen molar-refractivity contribution in [2.24, 2.45) is 5.10 Å². The van der Waals surface area contributed by atoms with E-state index in [4.69, 9.17) is 16.3 Å². The van der Waals surface area contributed by atoms with Gasteiger partial charge in [0.2, 0.25) is 0 Å². The topological polar surface area (TPSA) is 55.6 Å². The number of hydrogen-bond acceptors (Lipinski definition) is 3. The molecule has 6 heteroatoms. The van der Waals surface area contributed by atoms with E-state index in [1.165, 1.54) is 0 Å². The third-order valence-corrected chi connectivity index (χ3v) is 6.10. The molecule has 0 radical (unpaired) electrons. The molecule has 1 heterocycles. The zero-order chi connectivity index (χ0) is 24.1. The molecule has 1 amide bonds. The molecule has 0 fully saturated rings. The van der Waals surface area contributed by atoms with E-state index in [1.807, 2.05) is 68.4 Å². The van der Waals surface area contributed by atoms with E-state index in [1.54, 1.807) is 18.3 Å². The Morgan fingerprint density at radius 1 is 1.06 bits per heavy atom. The van der Waals surface area contributed by atoms with Crippen molar-refractivity contribution in [3.05, 3.63) is 94.3 Å². The van der Waals surface area contributed by atoms with Crippen molar-refractivity contribution >= 4 is 34.5 Å². The second-order valence-corrected chi connectivity index (χ2v) is 8.62. The number of benzene rings is 3. The zero-order valence-corrected chi connectivity index (χ0v) is 20.4. The van der Waals surface area contributed by atoms with Gasteiger partial charge >= 0.3 is 0 Å².